The van der Waals surface area contributed by atoms with Gasteiger partial charge in [0.1, 0.15) is 5.75 Å². The van der Waals surface area contributed by atoms with Crippen LogP contribution in [0.4, 0.5) is 0 Å². The molecule has 0 aromatic heterocycles. The summed E-state index contributed by atoms with van der Waals surface area (Å²) < 4.78 is 10.1. The Hall–Kier alpha value is -2.59. The number of carbonyl (C=O) groups excluding carboxylic acids is 1. The molecule has 23 heavy (non-hydrogen) atoms. The van der Waals surface area contributed by atoms with Gasteiger partial charge in [0.25, 0.3) is 5.91 Å². The molecule has 1 N–H and O–H groups in total. The second-order valence-electron chi connectivity index (χ2n) is 4.62. The number of rotatable bonds is 5. The molecular weight excluding hydrogens is 290 g/mol. The SMILES string of the molecule is C=Cc1ccc(OC)cc1.CNC(=O)C(OC)c1ccccc1. The zero-order chi connectivity index (χ0) is 17.1. The number of carbonyl (C=O) groups is 1. The monoisotopic (exact) mass is 313 g/mol. The summed E-state index contributed by atoms with van der Waals surface area (Å²) in [5.41, 5.74) is 1.98. The Bertz CT molecular complexity index is 594. The van der Waals surface area contributed by atoms with Gasteiger partial charge in [-0.25, -0.2) is 0 Å². The highest BCUT2D eigenvalue weighted by atomic mass is 16.5. The van der Waals surface area contributed by atoms with Crippen LogP contribution in [0.3, 0.4) is 0 Å². The second-order valence-corrected chi connectivity index (χ2v) is 4.62. The fourth-order valence-corrected chi connectivity index (χ4v) is 1.89. The fraction of sp³-hybridized carbons (Fsp3) is 0.211. The van der Waals surface area contributed by atoms with Crippen molar-refractivity contribution in [3.63, 3.8) is 0 Å². The minimum atomic E-state index is -0.508. The average molecular weight is 313 g/mol. The molecule has 0 bridgehead atoms. The Morgan fingerprint density at radius 2 is 1.70 bits per heavy atom. The molecule has 4 heteroatoms. The van der Waals surface area contributed by atoms with E-state index in [1.807, 2.05) is 54.6 Å². The van der Waals surface area contributed by atoms with Crippen molar-refractivity contribution in [2.45, 2.75) is 6.10 Å². The van der Waals surface area contributed by atoms with Crippen molar-refractivity contribution >= 4 is 12.0 Å². The third-order valence-electron chi connectivity index (χ3n) is 3.17. The molecule has 0 heterocycles. The van der Waals surface area contributed by atoms with Crippen molar-refractivity contribution in [2.24, 2.45) is 0 Å². The van der Waals surface area contributed by atoms with Gasteiger partial charge in [0.2, 0.25) is 0 Å². The molecule has 0 aliphatic heterocycles. The van der Waals surface area contributed by atoms with Crippen LogP contribution in [0.1, 0.15) is 17.2 Å². The molecule has 2 rings (SSSR count). The molecule has 122 valence electrons. The van der Waals surface area contributed by atoms with Gasteiger partial charge in [0.05, 0.1) is 7.11 Å². The van der Waals surface area contributed by atoms with Gasteiger partial charge in [-0.2, -0.15) is 0 Å². The number of hydrogen-bond donors (Lipinski definition) is 1. The number of nitrogens with one attached hydrogen (secondary N) is 1. The summed E-state index contributed by atoms with van der Waals surface area (Å²) in [5, 5.41) is 2.55. The summed E-state index contributed by atoms with van der Waals surface area (Å²) in [4.78, 5) is 11.3. The van der Waals surface area contributed by atoms with Crippen molar-refractivity contribution in [2.75, 3.05) is 21.3 Å². The van der Waals surface area contributed by atoms with Crippen LogP contribution in [-0.4, -0.2) is 27.2 Å². The first-order valence-corrected chi connectivity index (χ1v) is 7.22. The lowest BCUT2D eigenvalue weighted by atomic mass is 10.1. The maximum atomic E-state index is 11.3. The van der Waals surface area contributed by atoms with Crippen molar-refractivity contribution in [1.82, 2.24) is 5.32 Å². The number of likely N-dealkylation sites (N-methyl/N-ethyl adjacent to an activating group) is 1. The van der Waals surface area contributed by atoms with Crippen molar-refractivity contribution < 1.29 is 14.3 Å². The van der Waals surface area contributed by atoms with Crippen molar-refractivity contribution in [3.05, 3.63) is 72.3 Å². The molecule has 1 amide bonds. The molecule has 2 aromatic carbocycles. The molecule has 0 spiro atoms. The van der Waals surface area contributed by atoms with Gasteiger partial charge < -0.3 is 14.8 Å². The van der Waals surface area contributed by atoms with Gasteiger partial charge in [0, 0.05) is 14.2 Å². The topological polar surface area (TPSA) is 47.6 Å². The predicted molar refractivity (Wildman–Crippen MR) is 93.3 cm³/mol. The van der Waals surface area contributed by atoms with Gasteiger partial charge in [-0.15, -0.1) is 0 Å². The largest absolute Gasteiger partial charge is 0.497 e. The third kappa shape index (κ3) is 5.96. The first-order chi connectivity index (χ1) is 11.2. The Labute approximate surface area is 137 Å². The van der Waals surface area contributed by atoms with Crippen LogP contribution in [0, 0.1) is 0 Å². The van der Waals surface area contributed by atoms with Crippen LogP contribution in [0.25, 0.3) is 6.08 Å². The van der Waals surface area contributed by atoms with Crippen LogP contribution < -0.4 is 10.1 Å². The number of hydrogen-bond acceptors (Lipinski definition) is 3. The molecule has 0 saturated heterocycles. The lowest BCUT2D eigenvalue weighted by molar-refractivity contribution is -0.130. The number of amides is 1. The lowest BCUT2D eigenvalue weighted by Crippen LogP contribution is -2.26. The van der Waals surface area contributed by atoms with E-state index in [-0.39, 0.29) is 5.91 Å². The summed E-state index contributed by atoms with van der Waals surface area (Å²) in [5.74, 6) is 0.749. The summed E-state index contributed by atoms with van der Waals surface area (Å²) >= 11 is 0. The zero-order valence-electron chi connectivity index (χ0n) is 13.8. The molecule has 4 nitrogen and oxygen atoms in total. The van der Waals surface area contributed by atoms with Crippen molar-refractivity contribution in [1.29, 1.82) is 0 Å². The van der Waals surface area contributed by atoms with E-state index in [9.17, 15) is 4.79 Å². The van der Waals surface area contributed by atoms with Crippen LogP contribution in [0.2, 0.25) is 0 Å². The highest BCUT2D eigenvalue weighted by molar-refractivity contribution is 5.81. The minimum Gasteiger partial charge on any atom is -0.497 e. The minimum absolute atomic E-state index is 0.131. The van der Waals surface area contributed by atoms with E-state index < -0.39 is 6.10 Å². The normalized spacial score (nSPS) is 10.7. The Morgan fingerprint density at radius 1 is 1.09 bits per heavy atom. The van der Waals surface area contributed by atoms with Gasteiger partial charge in [-0.05, 0) is 23.3 Å². The number of ether oxygens (including phenoxy) is 2. The van der Waals surface area contributed by atoms with E-state index in [4.69, 9.17) is 9.47 Å². The van der Waals surface area contributed by atoms with Crippen LogP contribution in [0.5, 0.6) is 5.75 Å². The maximum absolute atomic E-state index is 11.3. The average Bonchev–Trinajstić information content (AvgIpc) is 2.63. The van der Waals surface area contributed by atoms with Crippen LogP contribution in [-0.2, 0) is 9.53 Å². The fourth-order valence-electron chi connectivity index (χ4n) is 1.89. The van der Waals surface area contributed by atoms with E-state index in [0.717, 1.165) is 16.9 Å². The summed E-state index contributed by atoms with van der Waals surface area (Å²) in [6, 6.07) is 17.1. The predicted octanol–water partition coefficient (Wildman–Crippen LogP) is 3.46. The van der Waals surface area contributed by atoms with E-state index >= 15 is 0 Å². The Morgan fingerprint density at radius 3 is 2.13 bits per heavy atom. The van der Waals surface area contributed by atoms with Gasteiger partial charge >= 0.3 is 0 Å². The molecule has 1 unspecified atom stereocenters. The van der Waals surface area contributed by atoms with E-state index in [2.05, 4.69) is 11.9 Å². The Kier molecular flexibility index (Phi) is 8.18. The molecule has 0 aliphatic rings. The summed E-state index contributed by atoms with van der Waals surface area (Å²) in [6.07, 6.45) is 1.30. The molecule has 1 atom stereocenters. The molecule has 0 radical (unpaired) electrons. The third-order valence-corrected chi connectivity index (χ3v) is 3.17. The number of methoxy groups -OCH3 is 2. The first kappa shape index (κ1) is 18.5. The summed E-state index contributed by atoms with van der Waals surface area (Å²) in [6.45, 7) is 3.65. The highest BCUT2D eigenvalue weighted by Gasteiger charge is 2.17. The maximum Gasteiger partial charge on any atom is 0.253 e. The molecule has 0 fully saturated rings. The molecule has 2 aromatic rings. The Balaban J connectivity index is 0.000000238. The first-order valence-electron chi connectivity index (χ1n) is 7.22. The van der Waals surface area contributed by atoms with Crippen LogP contribution >= 0.6 is 0 Å². The smallest absolute Gasteiger partial charge is 0.253 e. The number of benzene rings is 2. The van der Waals surface area contributed by atoms with E-state index in [1.54, 1.807) is 20.2 Å². The van der Waals surface area contributed by atoms with Gasteiger partial charge in [-0.1, -0.05) is 55.1 Å². The second kappa shape index (κ2) is 10.2. The standard InChI is InChI=1S/C10H13NO2.C9H10O/c1-11-10(12)9(13-2)8-6-4-3-5-7-8;1-3-8-4-6-9(10-2)7-5-8/h3-7,9H,1-2H3,(H,11,12);3-7H,1H2,2H3. The summed E-state index contributed by atoms with van der Waals surface area (Å²) in [7, 11) is 4.77. The molecular formula is C19H23NO3. The van der Waals surface area contributed by atoms with Gasteiger partial charge in [-0.3, -0.25) is 4.79 Å². The van der Waals surface area contributed by atoms with Crippen LogP contribution in [0.15, 0.2) is 61.2 Å². The molecule has 0 saturated carbocycles. The lowest BCUT2D eigenvalue weighted by Gasteiger charge is -2.13. The highest BCUT2D eigenvalue weighted by Crippen LogP contribution is 2.15. The molecule has 0 aliphatic carbocycles. The quantitative estimate of drug-likeness (QED) is 0.919. The van der Waals surface area contributed by atoms with Crippen molar-refractivity contribution in [3.8, 4) is 5.75 Å². The van der Waals surface area contributed by atoms with E-state index in [1.165, 1.54) is 7.11 Å². The van der Waals surface area contributed by atoms with Gasteiger partial charge in [0.15, 0.2) is 6.10 Å². The van der Waals surface area contributed by atoms with E-state index in [0.29, 0.717) is 0 Å². The zero-order valence-corrected chi connectivity index (χ0v) is 13.8.